The standard InChI is InChI=1S/C9H13N3O3.H2O/c10-7-3-4-12(9(14)11-7)8-2-1-6(5-13)15-8;/h3-4,6,8,13H,1-2,5H2,(H2,10,11,14);1H2/t6-,8+;/m0./s1. The number of nitrogen functional groups attached to an aromatic ring is 1. The van der Waals surface area contributed by atoms with Crippen molar-refractivity contribution in [3.63, 3.8) is 0 Å². The number of ether oxygens (including phenoxy) is 1. The number of nitrogens with zero attached hydrogens (tertiary/aromatic N) is 2. The summed E-state index contributed by atoms with van der Waals surface area (Å²) in [6.07, 6.45) is 2.51. The summed E-state index contributed by atoms with van der Waals surface area (Å²) in [4.78, 5) is 15.1. The zero-order chi connectivity index (χ0) is 10.8. The summed E-state index contributed by atoms with van der Waals surface area (Å²) in [6, 6.07) is 1.55. The van der Waals surface area contributed by atoms with E-state index in [2.05, 4.69) is 4.98 Å². The van der Waals surface area contributed by atoms with Crippen LogP contribution < -0.4 is 11.4 Å². The van der Waals surface area contributed by atoms with E-state index < -0.39 is 5.69 Å². The molecule has 1 aliphatic rings. The molecular weight excluding hydrogens is 214 g/mol. The van der Waals surface area contributed by atoms with Gasteiger partial charge in [0.05, 0.1) is 12.7 Å². The molecule has 7 nitrogen and oxygen atoms in total. The highest BCUT2D eigenvalue weighted by Crippen LogP contribution is 2.26. The molecule has 0 amide bonds. The maximum Gasteiger partial charge on any atom is 0.351 e. The van der Waals surface area contributed by atoms with Crippen LogP contribution in [0.25, 0.3) is 0 Å². The van der Waals surface area contributed by atoms with Crippen molar-refractivity contribution >= 4 is 5.82 Å². The maximum absolute atomic E-state index is 11.5. The molecule has 0 aliphatic carbocycles. The summed E-state index contributed by atoms with van der Waals surface area (Å²) >= 11 is 0. The van der Waals surface area contributed by atoms with Gasteiger partial charge in [-0.05, 0) is 18.9 Å². The van der Waals surface area contributed by atoms with Gasteiger partial charge in [0.2, 0.25) is 0 Å². The number of aliphatic hydroxyl groups is 1. The van der Waals surface area contributed by atoms with Crippen LogP contribution in [0.15, 0.2) is 17.1 Å². The fraction of sp³-hybridized carbons (Fsp3) is 0.556. The van der Waals surface area contributed by atoms with Gasteiger partial charge in [-0.25, -0.2) is 4.79 Å². The smallest absolute Gasteiger partial charge is 0.351 e. The van der Waals surface area contributed by atoms with E-state index in [0.717, 1.165) is 6.42 Å². The number of aromatic nitrogens is 2. The van der Waals surface area contributed by atoms with Gasteiger partial charge in [-0.2, -0.15) is 4.98 Å². The van der Waals surface area contributed by atoms with Crippen LogP contribution in [0, 0.1) is 0 Å². The van der Waals surface area contributed by atoms with Crippen LogP contribution in [0.4, 0.5) is 5.82 Å². The molecule has 0 spiro atoms. The Kier molecular flexibility index (Phi) is 3.99. The molecule has 0 bridgehead atoms. The first-order valence-corrected chi connectivity index (χ1v) is 4.81. The highest BCUT2D eigenvalue weighted by atomic mass is 16.5. The first-order valence-electron chi connectivity index (χ1n) is 4.81. The molecule has 2 rings (SSSR count). The Bertz CT molecular complexity index is 406. The van der Waals surface area contributed by atoms with Gasteiger partial charge in [0.25, 0.3) is 0 Å². The number of rotatable bonds is 2. The highest BCUT2D eigenvalue weighted by molar-refractivity contribution is 5.23. The van der Waals surface area contributed by atoms with Crippen molar-refractivity contribution in [3.05, 3.63) is 22.7 Å². The van der Waals surface area contributed by atoms with Gasteiger partial charge >= 0.3 is 5.69 Å². The van der Waals surface area contributed by atoms with Gasteiger partial charge in [-0.3, -0.25) is 4.57 Å². The third kappa shape index (κ3) is 2.38. The van der Waals surface area contributed by atoms with Gasteiger partial charge in [0.1, 0.15) is 12.0 Å². The van der Waals surface area contributed by atoms with Crippen molar-refractivity contribution in [2.24, 2.45) is 0 Å². The van der Waals surface area contributed by atoms with E-state index in [0.29, 0.717) is 6.42 Å². The van der Waals surface area contributed by atoms with Crippen LogP contribution >= 0.6 is 0 Å². The van der Waals surface area contributed by atoms with E-state index in [-0.39, 0.29) is 30.2 Å². The minimum absolute atomic E-state index is 0. The van der Waals surface area contributed by atoms with E-state index in [9.17, 15) is 4.79 Å². The maximum atomic E-state index is 11.5. The van der Waals surface area contributed by atoms with Gasteiger partial charge in [0.15, 0.2) is 0 Å². The summed E-state index contributed by atoms with van der Waals surface area (Å²) in [6.45, 7) is -0.0202. The first kappa shape index (κ1) is 12.6. The lowest BCUT2D eigenvalue weighted by atomic mass is 10.2. The average molecular weight is 229 g/mol. The molecule has 1 aromatic heterocycles. The minimum Gasteiger partial charge on any atom is -0.412 e. The Morgan fingerprint density at radius 1 is 1.62 bits per heavy atom. The Hall–Kier alpha value is -1.44. The molecule has 90 valence electrons. The lowest BCUT2D eigenvalue weighted by molar-refractivity contribution is -0.0245. The molecule has 16 heavy (non-hydrogen) atoms. The number of hydrogen-bond donors (Lipinski definition) is 2. The molecule has 2 atom stereocenters. The van der Waals surface area contributed by atoms with E-state index in [4.69, 9.17) is 15.6 Å². The van der Waals surface area contributed by atoms with Crippen molar-refractivity contribution in [2.45, 2.75) is 25.2 Å². The fourth-order valence-electron chi connectivity index (χ4n) is 1.67. The molecule has 5 N–H and O–H groups in total. The quantitative estimate of drug-likeness (QED) is 0.650. The summed E-state index contributed by atoms with van der Waals surface area (Å²) < 4.78 is 6.84. The summed E-state index contributed by atoms with van der Waals surface area (Å²) in [5.41, 5.74) is 4.96. The molecule has 0 aromatic carbocycles. The number of anilines is 1. The first-order chi connectivity index (χ1) is 7.20. The predicted molar refractivity (Wildman–Crippen MR) is 56.8 cm³/mol. The Balaban J connectivity index is 0.00000128. The average Bonchev–Trinajstić information content (AvgIpc) is 2.66. The van der Waals surface area contributed by atoms with E-state index in [1.807, 2.05) is 0 Å². The van der Waals surface area contributed by atoms with E-state index >= 15 is 0 Å². The van der Waals surface area contributed by atoms with Gasteiger partial charge < -0.3 is 21.1 Å². The lowest BCUT2D eigenvalue weighted by Crippen LogP contribution is -2.27. The van der Waals surface area contributed by atoms with Crippen LogP contribution in [0.2, 0.25) is 0 Å². The minimum atomic E-state index is -0.418. The van der Waals surface area contributed by atoms with Crippen molar-refractivity contribution in [3.8, 4) is 0 Å². The molecule has 0 saturated carbocycles. The van der Waals surface area contributed by atoms with Crippen LogP contribution in [-0.2, 0) is 4.74 Å². The molecule has 0 unspecified atom stereocenters. The number of nitrogens with two attached hydrogens (primary N) is 1. The molecular formula is C9H15N3O4. The second-order valence-electron chi connectivity index (χ2n) is 3.51. The zero-order valence-corrected chi connectivity index (χ0v) is 8.67. The molecule has 7 heteroatoms. The van der Waals surface area contributed by atoms with Gasteiger partial charge in [0, 0.05) is 6.20 Å². The summed E-state index contributed by atoms with van der Waals surface area (Å²) in [7, 11) is 0. The Labute approximate surface area is 91.8 Å². The number of hydrogen-bond acceptors (Lipinski definition) is 5. The van der Waals surface area contributed by atoms with Crippen LogP contribution in [0.5, 0.6) is 0 Å². The second-order valence-corrected chi connectivity index (χ2v) is 3.51. The van der Waals surface area contributed by atoms with Crippen molar-refractivity contribution < 1.29 is 15.3 Å². The molecule has 1 fully saturated rings. The fourth-order valence-corrected chi connectivity index (χ4v) is 1.67. The van der Waals surface area contributed by atoms with Gasteiger partial charge in [-0.1, -0.05) is 0 Å². The Morgan fingerprint density at radius 2 is 2.38 bits per heavy atom. The largest absolute Gasteiger partial charge is 0.412 e. The second kappa shape index (κ2) is 5.06. The normalized spacial score (nSPS) is 24.1. The third-order valence-corrected chi connectivity index (χ3v) is 2.45. The third-order valence-electron chi connectivity index (χ3n) is 2.45. The molecule has 1 aromatic rings. The van der Waals surface area contributed by atoms with Gasteiger partial charge in [-0.15, -0.1) is 0 Å². The van der Waals surface area contributed by atoms with E-state index in [1.54, 1.807) is 12.3 Å². The highest BCUT2D eigenvalue weighted by Gasteiger charge is 2.26. The molecule has 1 saturated heterocycles. The molecule has 1 aliphatic heterocycles. The predicted octanol–water partition coefficient (Wildman–Crippen LogP) is -1.33. The Morgan fingerprint density at radius 3 is 2.94 bits per heavy atom. The lowest BCUT2D eigenvalue weighted by Gasteiger charge is -2.14. The van der Waals surface area contributed by atoms with Crippen molar-refractivity contribution in [2.75, 3.05) is 12.3 Å². The zero-order valence-electron chi connectivity index (χ0n) is 8.67. The SMILES string of the molecule is Nc1ccn([C@H]2CC[C@@H](CO)O2)c(=O)n1.O. The van der Waals surface area contributed by atoms with Crippen LogP contribution in [0.1, 0.15) is 19.1 Å². The molecule has 0 radical (unpaired) electrons. The van der Waals surface area contributed by atoms with Crippen molar-refractivity contribution in [1.82, 2.24) is 9.55 Å². The van der Waals surface area contributed by atoms with Crippen LogP contribution in [-0.4, -0.2) is 32.8 Å². The van der Waals surface area contributed by atoms with Crippen molar-refractivity contribution in [1.29, 1.82) is 0 Å². The van der Waals surface area contributed by atoms with Crippen LogP contribution in [0.3, 0.4) is 0 Å². The molecule has 2 heterocycles. The van der Waals surface area contributed by atoms with E-state index in [1.165, 1.54) is 4.57 Å². The summed E-state index contributed by atoms with van der Waals surface area (Å²) in [5.74, 6) is 0.202. The monoisotopic (exact) mass is 229 g/mol. The number of aliphatic hydroxyl groups excluding tert-OH is 1. The topological polar surface area (TPSA) is 122 Å². The summed E-state index contributed by atoms with van der Waals surface area (Å²) in [5, 5.41) is 8.90.